The van der Waals surface area contributed by atoms with Gasteiger partial charge in [0.15, 0.2) is 0 Å². The van der Waals surface area contributed by atoms with Gasteiger partial charge in [-0.2, -0.15) is 0 Å². The van der Waals surface area contributed by atoms with E-state index in [4.69, 9.17) is 5.11 Å². The van der Waals surface area contributed by atoms with Gasteiger partial charge in [0.05, 0.1) is 11.6 Å². The standard InChI is InChI=1S/C29H27N2O6P/c32-27(30-25-17-15-24(16-18-25)29(33)34)26(31-28(38(35,36)37)23-9-5-2-6-10-23)19-20-11-13-22(14-12-20)21-7-3-1-4-8-21/h1-18,26,28,31H,19H2,(H,30,32)(H,33,34)(H2,35,36,37). The predicted octanol–water partition coefficient (Wildman–Crippen LogP) is 5.07. The van der Waals surface area contributed by atoms with Crippen molar-refractivity contribution in [3.05, 3.63) is 126 Å². The van der Waals surface area contributed by atoms with Gasteiger partial charge in [-0.05, 0) is 52.9 Å². The normalized spacial score (nSPS) is 12.9. The van der Waals surface area contributed by atoms with Crippen molar-refractivity contribution in [2.24, 2.45) is 0 Å². The van der Waals surface area contributed by atoms with Gasteiger partial charge in [-0.1, -0.05) is 84.9 Å². The molecular weight excluding hydrogens is 503 g/mol. The lowest BCUT2D eigenvalue weighted by atomic mass is 10.00. The number of carbonyl (C=O) groups excluding carboxylic acids is 1. The average molecular weight is 531 g/mol. The van der Waals surface area contributed by atoms with E-state index in [2.05, 4.69) is 10.6 Å². The van der Waals surface area contributed by atoms with Gasteiger partial charge in [-0.15, -0.1) is 0 Å². The minimum Gasteiger partial charge on any atom is -0.478 e. The highest BCUT2D eigenvalue weighted by Gasteiger charge is 2.34. The van der Waals surface area contributed by atoms with Crippen LogP contribution in [0, 0.1) is 0 Å². The Bertz CT molecular complexity index is 1420. The highest BCUT2D eigenvalue weighted by Crippen LogP contribution is 2.50. The van der Waals surface area contributed by atoms with E-state index in [1.165, 1.54) is 24.3 Å². The first-order valence-electron chi connectivity index (χ1n) is 11.9. The van der Waals surface area contributed by atoms with Gasteiger partial charge >= 0.3 is 13.6 Å². The zero-order valence-corrected chi connectivity index (χ0v) is 21.2. The first kappa shape index (κ1) is 27.0. The van der Waals surface area contributed by atoms with Crippen LogP contribution >= 0.6 is 7.60 Å². The molecule has 9 heteroatoms. The predicted molar refractivity (Wildman–Crippen MR) is 146 cm³/mol. The van der Waals surface area contributed by atoms with Crippen LogP contribution in [-0.4, -0.2) is 32.8 Å². The van der Waals surface area contributed by atoms with Crippen molar-refractivity contribution in [1.29, 1.82) is 0 Å². The second kappa shape index (κ2) is 12.0. The maximum atomic E-state index is 13.4. The van der Waals surface area contributed by atoms with E-state index in [-0.39, 0.29) is 12.0 Å². The number of anilines is 1. The minimum absolute atomic E-state index is 0.0711. The Labute approximate surface area is 220 Å². The monoisotopic (exact) mass is 530 g/mol. The molecule has 2 atom stereocenters. The molecule has 0 aliphatic carbocycles. The van der Waals surface area contributed by atoms with E-state index < -0.39 is 31.3 Å². The number of rotatable bonds is 10. The summed E-state index contributed by atoms with van der Waals surface area (Å²) in [6.07, 6.45) is 0.150. The summed E-state index contributed by atoms with van der Waals surface area (Å²) in [5.74, 6) is -3.01. The average Bonchev–Trinajstić information content (AvgIpc) is 2.92. The Morgan fingerprint density at radius 2 is 1.29 bits per heavy atom. The second-order valence-electron chi connectivity index (χ2n) is 8.76. The number of hydrogen-bond acceptors (Lipinski definition) is 4. The van der Waals surface area contributed by atoms with Crippen molar-refractivity contribution >= 4 is 25.2 Å². The molecule has 0 spiro atoms. The summed E-state index contributed by atoms with van der Waals surface area (Å²) in [4.78, 5) is 44.8. The lowest BCUT2D eigenvalue weighted by Gasteiger charge is -2.26. The van der Waals surface area contributed by atoms with Gasteiger partial charge in [-0.3, -0.25) is 14.7 Å². The topological polar surface area (TPSA) is 136 Å². The SMILES string of the molecule is O=C(O)c1ccc(NC(=O)C(Cc2ccc(-c3ccccc3)cc2)NC(c2ccccc2)P(=O)(O)O)cc1. The summed E-state index contributed by atoms with van der Waals surface area (Å²) in [5.41, 5.74) is 3.61. The van der Waals surface area contributed by atoms with E-state index >= 15 is 0 Å². The van der Waals surface area contributed by atoms with E-state index in [1.54, 1.807) is 30.3 Å². The molecule has 0 heterocycles. The molecule has 0 bridgehead atoms. The fourth-order valence-corrected chi connectivity index (χ4v) is 5.00. The first-order valence-corrected chi connectivity index (χ1v) is 13.5. The quantitative estimate of drug-likeness (QED) is 0.181. The van der Waals surface area contributed by atoms with Crippen LogP contribution in [0.1, 0.15) is 27.3 Å². The van der Waals surface area contributed by atoms with Crippen molar-refractivity contribution in [2.75, 3.05) is 5.32 Å². The molecule has 38 heavy (non-hydrogen) atoms. The van der Waals surface area contributed by atoms with E-state index in [0.717, 1.165) is 16.7 Å². The molecule has 0 saturated heterocycles. The fraction of sp³-hybridized carbons (Fsp3) is 0.103. The van der Waals surface area contributed by atoms with Gasteiger partial charge in [0.25, 0.3) is 0 Å². The zero-order chi connectivity index (χ0) is 27.1. The molecule has 0 radical (unpaired) electrons. The molecule has 0 aliphatic heterocycles. The Hall–Kier alpha value is -4.07. The minimum atomic E-state index is -4.70. The van der Waals surface area contributed by atoms with Crippen molar-refractivity contribution in [1.82, 2.24) is 5.32 Å². The molecular formula is C29H27N2O6P. The number of hydrogen-bond donors (Lipinski definition) is 5. The maximum absolute atomic E-state index is 13.4. The summed E-state index contributed by atoms with van der Waals surface area (Å²) < 4.78 is 12.4. The number of aromatic carboxylic acids is 1. The Morgan fingerprint density at radius 1 is 0.737 bits per heavy atom. The van der Waals surface area contributed by atoms with Gasteiger partial charge in [0, 0.05) is 5.69 Å². The number of carboxylic acids is 1. The van der Waals surface area contributed by atoms with Crippen LogP contribution < -0.4 is 10.6 Å². The first-order chi connectivity index (χ1) is 18.2. The molecule has 0 fully saturated rings. The number of nitrogens with one attached hydrogen (secondary N) is 2. The lowest BCUT2D eigenvalue weighted by Crippen LogP contribution is -2.44. The summed E-state index contributed by atoms with van der Waals surface area (Å²) in [7, 11) is -4.70. The Kier molecular flexibility index (Phi) is 8.51. The molecule has 1 amide bonds. The van der Waals surface area contributed by atoms with Crippen molar-refractivity contribution < 1.29 is 29.0 Å². The van der Waals surface area contributed by atoms with E-state index in [9.17, 15) is 23.9 Å². The number of amides is 1. The summed E-state index contributed by atoms with van der Waals surface area (Å²) in [5, 5.41) is 14.7. The summed E-state index contributed by atoms with van der Waals surface area (Å²) in [6, 6.07) is 30.3. The number of benzene rings is 4. The van der Waals surface area contributed by atoms with Crippen molar-refractivity contribution in [3.8, 4) is 11.1 Å². The third-order valence-corrected chi connectivity index (χ3v) is 7.15. The highest BCUT2D eigenvalue weighted by molar-refractivity contribution is 7.52. The highest BCUT2D eigenvalue weighted by atomic mass is 31.2. The zero-order valence-electron chi connectivity index (χ0n) is 20.3. The number of carboxylic acid groups (broad SMARTS) is 1. The Morgan fingerprint density at radius 3 is 1.84 bits per heavy atom. The van der Waals surface area contributed by atoms with Crippen molar-refractivity contribution in [3.63, 3.8) is 0 Å². The number of carbonyl (C=O) groups is 2. The molecule has 4 rings (SSSR count). The molecule has 0 aromatic heterocycles. The Balaban J connectivity index is 1.61. The van der Waals surface area contributed by atoms with Crippen LogP contribution in [0.25, 0.3) is 11.1 Å². The van der Waals surface area contributed by atoms with Gasteiger partial charge in [-0.25, -0.2) is 4.79 Å². The van der Waals surface area contributed by atoms with Gasteiger partial charge in [0.2, 0.25) is 5.91 Å². The van der Waals surface area contributed by atoms with Crippen LogP contribution in [0.5, 0.6) is 0 Å². The molecule has 5 N–H and O–H groups in total. The molecule has 8 nitrogen and oxygen atoms in total. The smallest absolute Gasteiger partial charge is 0.346 e. The van der Waals surface area contributed by atoms with E-state index in [0.29, 0.717) is 11.3 Å². The molecule has 194 valence electrons. The van der Waals surface area contributed by atoms with Crippen molar-refractivity contribution in [2.45, 2.75) is 18.2 Å². The largest absolute Gasteiger partial charge is 0.478 e. The second-order valence-corrected chi connectivity index (χ2v) is 10.5. The van der Waals surface area contributed by atoms with Gasteiger partial charge in [0.1, 0.15) is 5.78 Å². The van der Waals surface area contributed by atoms with Gasteiger partial charge < -0.3 is 20.2 Å². The third kappa shape index (κ3) is 7.03. The molecule has 0 aliphatic rings. The van der Waals surface area contributed by atoms with Crippen LogP contribution in [-0.2, 0) is 15.8 Å². The van der Waals surface area contributed by atoms with Crippen LogP contribution in [0.15, 0.2) is 109 Å². The lowest BCUT2D eigenvalue weighted by molar-refractivity contribution is -0.118. The molecule has 2 unspecified atom stereocenters. The summed E-state index contributed by atoms with van der Waals surface area (Å²) in [6.45, 7) is 0. The van der Waals surface area contributed by atoms with Crippen LogP contribution in [0.2, 0.25) is 0 Å². The maximum Gasteiger partial charge on any atom is 0.346 e. The fourth-order valence-electron chi connectivity index (χ4n) is 4.07. The molecule has 0 saturated carbocycles. The van der Waals surface area contributed by atoms with E-state index in [1.807, 2.05) is 54.6 Å². The molecule has 4 aromatic carbocycles. The molecule has 4 aromatic rings. The van der Waals surface area contributed by atoms with Crippen LogP contribution in [0.4, 0.5) is 5.69 Å². The third-order valence-electron chi connectivity index (χ3n) is 6.03. The van der Waals surface area contributed by atoms with Crippen LogP contribution in [0.3, 0.4) is 0 Å². The summed E-state index contributed by atoms with van der Waals surface area (Å²) >= 11 is 0.